The topological polar surface area (TPSA) is 91.3 Å². The molecule has 2 saturated carbocycles. The second-order valence-electron chi connectivity index (χ2n) is 7.59. The average molecular weight is 409 g/mol. The number of amides is 2. The van der Waals surface area contributed by atoms with Crippen molar-refractivity contribution < 1.29 is 23.5 Å². The number of benzene rings is 1. The van der Waals surface area contributed by atoms with Crippen LogP contribution in [0.15, 0.2) is 24.4 Å². The van der Waals surface area contributed by atoms with Gasteiger partial charge >= 0.3 is 5.92 Å². The van der Waals surface area contributed by atoms with Crippen LogP contribution in [-0.2, 0) is 4.79 Å². The fourth-order valence-corrected chi connectivity index (χ4v) is 4.61. The van der Waals surface area contributed by atoms with E-state index in [1.54, 1.807) is 18.3 Å². The van der Waals surface area contributed by atoms with Crippen molar-refractivity contribution in [2.24, 2.45) is 0 Å². The van der Waals surface area contributed by atoms with Gasteiger partial charge in [0.2, 0.25) is 0 Å². The maximum absolute atomic E-state index is 14.3. The first-order valence-corrected chi connectivity index (χ1v) is 10.1. The molecule has 1 aromatic carbocycles. The van der Waals surface area contributed by atoms with Crippen LogP contribution >= 0.6 is 11.5 Å². The summed E-state index contributed by atoms with van der Waals surface area (Å²) in [5.74, 6) is -5.62. The molecular formula is C19H21F2N3O3S. The lowest BCUT2D eigenvalue weighted by molar-refractivity contribution is -0.216. The molecule has 0 unspecified atom stereocenters. The van der Waals surface area contributed by atoms with E-state index in [1.807, 2.05) is 6.07 Å². The minimum absolute atomic E-state index is 0.0864. The highest BCUT2D eigenvalue weighted by molar-refractivity contribution is 7.13. The van der Waals surface area contributed by atoms with Gasteiger partial charge < -0.3 is 15.7 Å². The van der Waals surface area contributed by atoms with Crippen molar-refractivity contribution in [1.82, 2.24) is 15.0 Å². The normalized spacial score (nSPS) is 24.0. The molecule has 2 aromatic rings. The summed E-state index contributed by atoms with van der Waals surface area (Å²) in [7, 11) is 0. The Hall–Kier alpha value is -2.13. The summed E-state index contributed by atoms with van der Waals surface area (Å²) in [4.78, 5) is 24.9. The second kappa shape index (κ2) is 7.04. The van der Waals surface area contributed by atoms with Crippen LogP contribution in [0.1, 0.15) is 48.9 Å². The fraction of sp³-hybridized carbons (Fsp3) is 0.526. The van der Waals surface area contributed by atoms with E-state index < -0.39 is 29.5 Å². The summed E-state index contributed by atoms with van der Waals surface area (Å²) < 4.78 is 33.7. The second-order valence-corrected chi connectivity index (χ2v) is 8.43. The van der Waals surface area contributed by atoms with E-state index in [0.717, 1.165) is 10.1 Å². The molecule has 0 spiro atoms. The molecule has 2 atom stereocenters. The predicted octanol–water partition coefficient (Wildman–Crippen LogP) is 2.61. The third kappa shape index (κ3) is 3.16. The first-order valence-electron chi connectivity index (χ1n) is 9.37. The van der Waals surface area contributed by atoms with Crippen molar-refractivity contribution in [3.63, 3.8) is 0 Å². The number of fused-ring (bicyclic) bond motifs is 1. The standard InChI is InChI=1S/C19H21F2N3O3S/c20-19(21,18(27)8-3-9-18)17(26)24-14-6-2-5-13(14)23-16(25)11-4-1-7-15-12(11)10-22-28-15/h1,4,7,10,13-14,27H,2-3,5-6,8-9H2,(H,23,25)(H,24,26)/t13-,14+/m0/s1. The van der Waals surface area contributed by atoms with E-state index >= 15 is 0 Å². The molecule has 1 aromatic heterocycles. The maximum atomic E-state index is 14.3. The lowest BCUT2D eigenvalue weighted by Gasteiger charge is -2.42. The van der Waals surface area contributed by atoms with Crippen LogP contribution in [-0.4, -0.2) is 44.9 Å². The molecule has 3 N–H and O–H groups in total. The number of aliphatic hydroxyl groups is 1. The van der Waals surface area contributed by atoms with Crippen molar-refractivity contribution in [1.29, 1.82) is 0 Å². The largest absolute Gasteiger partial charge is 0.383 e. The Morgan fingerprint density at radius 1 is 1.18 bits per heavy atom. The maximum Gasteiger partial charge on any atom is 0.352 e. The van der Waals surface area contributed by atoms with Crippen LogP contribution in [0.2, 0.25) is 0 Å². The predicted molar refractivity (Wildman–Crippen MR) is 100 cm³/mol. The van der Waals surface area contributed by atoms with Crippen LogP contribution < -0.4 is 10.6 Å². The Morgan fingerprint density at radius 3 is 2.57 bits per heavy atom. The van der Waals surface area contributed by atoms with E-state index in [-0.39, 0.29) is 18.7 Å². The summed E-state index contributed by atoms with van der Waals surface area (Å²) in [6.45, 7) is 0. The SMILES string of the molecule is O=C(N[C@H]1CCC[C@H]1NC(=O)C(F)(F)C1(O)CCC1)c1cccc2sncc12. The quantitative estimate of drug-likeness (QED) is 0.708. The van der Waals surface area contributed by atoms with E-state index in [4.69, 9.17) is 0 Å². The number of alkyl halides is 2. The molecule has 2 fully saturated rings. The molecule has 1 heterocycles. The molecule has 0 radical (unpaired) electrons. The van der Waals surface area contributed by atoms with Gasteiger partial charge in [0.05, 0.1) is 4.70 Å². The third-order valence-electron chi connectivity index (χ3n) is 5.84. The Morgan fingerprint density at radius 2 is 1.89 bits per heavy atom. The number of rotatable bonds is 5. The van der Waals surface area contributed by atoms with Gasteiger partial charge in [-0.3, -0.25) is 9.59 Å². The molecule has 6 nitrogen and oxygen atoms in total. The van der Waals surface area contributed by atoms with Crippen molar-refractivity contribution in [2.45, 2.75) is 62.1 Å². The van der Waals surface area contributed by atoms with Crippen LogP contribution in [0.3, 0.4) is 0 Å². The fourth-order valence-electron chi connectivity index (χ4n) is 3.94. The molecule has 9 heteroatoms. The monoisotopic (exact) mass is 409 g/mol. The van der Waals surface area contributed by atoms with E-state index in [9.17, 15) is 23.5 Å². The summed E-state index contributed by atoms with van der Waals surface area (Å²) in [5.41, 5.74) is -1.78. The van der Waals surface area contributed by atoms with E-state index in [1.165, 1.54) is 11.5 Å². The number of carbonyl (C=O) groups is 2. The summed E-state index contributed by atoms with van der Waals surface area (Å²) in [6, 6.07) is 4.30. The van der Waals surface area contributed by atoms with Gasteiger partial charge in [-0.05, 0) is 62.2 Å². The van der Waals surface area contributed by atoms with Crippen LogP contribution in [0.4, 0.5) is 8.78 Å². The third-order valence-corrected chi connectivity index (χ3v) is 6.61. The zero-order valence-electron chi connectivity index (χ0n) is 15.1. The van der Waals surface area contributed by atoms with Gasteiger partial charge in [0.15, 0.2) is 0 Å². The summed E-state index contributed by atoms with van der Waals surface area (Å²) in [6.07, 6.45) is 3.72. The van der Waals surface area contributed by atoms with Crippen molar-refractivity contribution in [2.75, 3.05) is 0 Å². The number of carbonyl (C=O) groups excluding carboxylic acids is 2. The van der Waals surface area contributed by atoms with Gasteiger partial charge in [-0.25, -0.2) is 0 Å². The Balaban J connectivity index is 1.44. The molecular weight excluding hydrogens is 388 g/mol. The minimum Gasteiger partial charge on any atom is -0.383 e. The Kier molecular flexibility index (Phi) is 4.83. The highest BCUT2D eigenvalue weighted by Gasteiger charge is 2.61. The highest BCUT2D eigenvalue weighted by atomic mass is 32.1. The van der Waals surface area contributed by atoms with Crippen LogP contribution in [0, 0.1) is 0 Å². The van der Waals surface area contributed by atoms with Gasteiger partial charge in [0.25, 0.3) is 11.8 Å². The zero-order chi connectivity index (χ0) is 19.9. The zero-order valence-corrected chi connectivity index (χ0v) is 15.9. The molecule has 28 heavy (non-hydrogen) atoms. The van der Waals surface area contributed by atoms with Crippen molar-refractivity contribution in [3.05, 3.63) is 30.0 Å². The van der Waals surface area contributed by atoms with Crippen LogP contribution in [0.25, 0.3) is 10.1 Å². The summed E-state index contributed by atoms with van der Waals surface area (Å²) in [5, 5.41) is 15.9. The van der Waals surface area contributed by atoms with Crippen LogP contribution in [0.5, 0.6) is 0 Å². The molecule has 0 bridgehead atoms. The molecule has 2 aliphatic rings. The van der Waals surface area contributed by atoms with E-state index in [2.05, 4.69) is 15.0 Å². The van der Waals surface area contributed by atoms with Crippen molar-refractivity contribution >= 4 is 33.4 Å². The summed E-state index contributed by atoms with van der Waals surface area (Å²) >= 11 is 1.29. The first kappa shape index (κ1) is 19.2. The number of nitrogens with zero attached hydrogens (tertiary/aromatic N) is 1. The first-order chi connectivity index (χ1) is 13.3. The van der Waals surface area contributed by atoms with E-state index in [0.29, 0.717) is 31.2 Å². The highest BCUT2D eigenvalue weighted by Crippen LogP contribution is 2.44. The lowest BCUT2D eigenvalue weighted by atomic mass is 9.75. The van der Waals surface area contributed by atoms with Gasteiger partial charge in [0, 0.05) is 29.2 Å². The molecule has 2 aliphatic carbocycles. The minimum atomic E-state index is -3.84. The Labute approximate surface area is 164 Å². The van der Waals surface area contributed by atoms with Gasteiger partial charge in [-0.2, -0.15) is 13.2 Å². The molecule has 2 amide bonds. The van der Waals surface area contributed by atoms with Gasteiger partial charge in [-0.1, -0.05) is 6.07 Å². The number of hydrogen-bond donors (Lipinski definition) is 3. The smallest absolute Gasteiger partial charge is 0.352 e. The molecule has 0 saturated heterocycles. The number of aromatic nitrogens is 1. The average Bonchev–Trinajstić information content (AvgIpc) is 3.28. The Bertz CT molecular complexity index is 913. The number of halogens is 2. The van der Waals surface area contributed by atoms with Crippen molar-refractivity contribution in [3.8, 4) is 0 Å². The molecule has 0 aliphatic heterocycles. The van der Waals surface area contributed by atoms with Gasteiger partial charge in [0.1, 0.15) is 5.60 Å². The number of hydrogen-bond acceptors (Lipinski definition) is 5. The van der Waals surface area contributed by atoms with Gasteiger partial charge in [-0.15, -0.1) is 0 Å². The molecule has 150 valence electrons. The lowest BCUT2D eigenvalue weighted by Crippen LogP contribution is -2.63. The molecule has 4 rings (SSSR count). The number of nitrogens with one attached hydrogen (secondary N) is 2.